The SMILES string of the molecule is COc1cc(/C=N\O)nc(-c2ccccn2)c1. The minimum absolute atomic E-state index is 0.507. The zero-order valence-electron chi connectivity index (χ0n) is 9.24. The van der Waals surface area contributed by atoms with Crippen LogP contribution in [0.15, 0.2) is 41.7 Å². The van der Waals surface area contributed by atoms with Gasteiger partial charge in [0.1, 0.15) is 5.75 Å². The van der Waals surface area contributed by atoms with Crippen molar-refractivity contribution in [2.24, 2.45) is 5.16 Å². The molecule has 0 aromatic carbocycles. The summed E-state index contributed by atoms with van der Waals surface area (Å²) in [6.45, 7) is 0. The predicted octanol–water partition coefficient (Wildman–Crippen LogP) is 1.96. The van der Waals surface area contributed by atoms with Crippen LogP contribution in [-0.2, 0) is 0 Å². The van der Waals surface area contributed by atoms with Crippen molar-refractivity contribution in [1.82, 2.24) is 9.97 Å². The topological polar surface area (TPSA) is 67.6 Å². The molecule has 0 unspecified atom stereocenters. The standard InChI is InChI=1S/C12H11N3O2/c1-17-10-6-9(8-14-16)15-12(7-10)11-4-2-3-5-13-11/h2-8,16H,1H3/b14-8-. The van der Waals surface area contributed by atoms with Crippen LogP contribution in [0.1, 0.15) is 5.69 Å². The minimum atomic E-state index is 0.507. The second kappa shape index (κ2) is 5.07. The maximum absolute atomic E-state index is 8.52. The summed E-state index contributed by atoms with van der Waals surface area (Å²) in [5.41, 5.74) is 1.91. The van der Waals surface area contributed by atoms with E-state index in [4.69, 9.17) is 9.94 Å². The highest BCUT2D eigenvalue weighted by atomic mass is 16.5. The third-order valence-electron chi connectivity index (χ3n) is 2.17. The molecular weight excluding hydrogens is 218 g/mol. The van der Waals surface area contributed by atoms with E-state index in [1.807, 2.05) is 18.2 Å². The smallest absolute Gasteiger partial charge is 0.123 e. The van der Waals surface area contributed by atoms with Gasteiger partial charge in [-0.1, -0.05) is 11.2 Å². The first-order chi connectivity index (χ1) is 8.33. The number of nitrogens with zero attached hydrogens (tertiary/aromatic N) is 3. The zero-order chi connectivity index (χ0) is 12.1. The van der Waals surface area contributed by atoms with Crippen molar-refractivity contribution in [2.75, 3.05) is 7.11 Å². The Morgan fingerprint density at radius 3 is 2.82 bits per heavy atom. The highest BCUT2D eigenvalue weighted by Gasteiger charge is 2.05. The van der Waals surface area contributed by atoms with E-state index in [0.717, 1.165) is 5.69 Å². The number of pyridine rings is 2. The van der Waals surface area contributed by atoms with Crippen LogP contribution in [0.4, 0.5) is 0 Å². The molecule has 0 radical (unpaired) electrons. The van der Waals surface area contributed by atoms with Gasteiger partial charge in [0.15, 0.2) is 0 Å². The van der Waals surface area contributed by atoms with Gasteiger partial charge in [-0.2, -0.15) is 0 Å². The number of aromatic nitrogens is 2. The van der Waals surface area contributed by atoms with E-state index in [1.165, 1.54) is 6.21 Å². The molecule has 0 amide bonds. The van der Waals surface area contributed by atoms with Crippen LogP contribution in [-0.4, -0.2) is 28.5 Å². The Bertz CT molecular complexity index is 527. The third kappa shape index (κ3) is 2.57. The van der Waals surface area contributed by atoms with E-state index in [-0.39, 0.29) is 0 Å². The van der Waals surface area contributed by atoms with Crippen LogP contribution >= 0.6 is 0 Å². The molecule has 0 atom stereocenters. The summed E-state index contributed by atoms with van der Waals surface area (Å²) in [6, 6.07) is 9.01. The van der Waals surface area contributed by atoms with Crippen molar-refractivity contribution in [2.45, 2.75) is 0 Å². The number of methoxy groups -OCH3 is 1. The molecule has 0 aliphatic heterocycles. The Balaban J connectivity index is 2.50. The first-order valence-electron chi connectivity index (χ1n) is 4.98. The van der Waals surface area contributed by atoms with Gasteiger partial charge in [-0.3, -0.25) is 4.98 Å². The summed E-state index contributed by atoms with van der Waals surface area (Å²) in [7, 11) is 1.57. The normalized spacial score (nSPS) is 10.6. The van der Waals surface area contributed by atoms with Gasteiger partial charge in [-0.25, -0.2) is 4.98 Å². The number of ether oxygens (including phenoxy) is 1. The Labute approximate surface area is 98.4 Å². The van der Waals surface area contributed by atoms with E-state index in [1.54, 1.807) is 25.4 Å². The highest BCUT2D eigenvalue weighted by molar-refractivity contribution is 5.78. The summed E-state index contributed by atoms with van der Waals surface area (Å²) in [4.78, 5) is 8.49. The molecule has 0 fully saturated rings. The van der Waals surface area contributed by atoms with Gasteiger partial charge >= 0.3 is 0 Å². The lowest BCUT2D eigenvalue weighted by Crippen LogP contribution is -1.95. The van der Waals surface area contributed by atoms with Crippen molar-refractivity contribution < 1.29 is 9.94 Å². The molecule has 5 heteroatoms. The summed E-state index contributed by atoms with van der Waals surface area (Å²) in [5.74, 6) is 0.635. The molecule has 0 aliphatic rings. The lowest BCUT2D eigenvalue weighted by atomic mass is 10.2. The van der Waals surface area contributed by atoms with Crippen LogP contribution in [0.25, 0.3) is 11.4 Å². The molecular formula is C12H11N3O2. The third-order valence-corrected chi connectivity index (χ3v) is 2.17. The average molecular weight is 229 g/mol. The van der Waals surface area contributed by atoms with Crippen LogP contribution < -0.4 is 4.74 Å². The number of hydrogen-bond acceptors (Lipinski definition) is 5. The quantitative estimate of drug-likeness (QED) is 0.496. The van der Waals surface area contributed by atoms with Gasteiger partial charge in [-0.15, -0.1) is 0 Å². The first kappa shape index (κ1) is 11.1. The Morgan fingerprint density at radius 1 is 1.29 bits per heavy atom. The number of hydrogen-bond donors (Lipinski definition) is 1. The second-order valence-corrected chi connectivity index (χ2v) is 3.28. The van der Waals surface area contributed by atoms with E-state index < -0.39 is 0 Å². The van der Waals surface area contributed by atoms with E-state index in [0.29, 0.717) is 17.1 Å². The van der Waals surface area contributed by atoms with Crippen molar-refractivity contribution in [3.8, 4) is 17.1 Å². The lowest BCUT2D eigenvalue weighted by molar-refractivity contribution is 0.321. The van der Waals surface area contributed by atoms with Crippen LogP contribution in [0.5, 0.6) is 5.75 Å². The van der Waals surface area contributed by atoms with Gasteiger partial charge in [0, 0.05) is 18.3 Å². The van der Waals surface area contributed by atoms with Crippen molar-refractivity contribution in [3.05, 3.63) is 42.2 Å². The fourth-order valence-corrected chi connectivity index (χ4v) is 1.41. The van der Waals surface area contributed by atoms with Gasteiger partial charge < -0.3 is 9.94 Å². The van der Waals surface area contributed by atoms with Gasteiger partial charge in [0.2, 0.25) is 0 Å². The maximum Gasteiger partial charge on any atom is 0.123 e. The van der Waals surface area contributed by atoms with Crippen molar-refractivity contribution >= 4 is 6.21 Å². The molecule has 2 rings (SSSR count). The molecule has 0 spiro atoms. The molecule has 0 saturated heterocycles. The average Bonchev–Trinajstić information content (AvgIpc) is 2.40. The second-order valence-electron chi connectivity index (χ2n) is 3.28. The fraction of sp³-hybridized carbons (Fsp3) is 0.0833. The first-order valence-corrected chi connectivity index (χ1v) is 4.98. The lowest BCUT2D eigenvalue weighted by Gasteiger charge is -2.05. The summed E-state index contributed by atoms with van der Waals surface area (Å²) in [5, 5.41) is 11.5. The summed E-state index contributed by atoms with van der Waals surface area (Å²) < 4.78 is 5.15. The van der Waals surface area contributed by atoms with Gasteiger partial charge in [0.05, 0.1) is 30.4 Å². The van der Waals surface area contributed by atoms with Crippen molar-refractivity contribution in [1.29, 1.82) is 0 Å². The van der Waals surface area contributed by atoms with E-state index >= 15 is 0 Å². The number of oxime groups is 1. The molecule has 86 valence electrons. The van der Waals surface area contributed by atoms with Crippen LogP contribution in [0, 0.1) is 0 Å². The molecule has 2 heterocycles. The predicted molar refractivity (Wildman–Crippen MR) is 63.4 cm³/mol. The summed E-state index contributed by atoms with van der Waals surface area (Å²) >= 11 is 0. The maximum atomic E-state index is 8.52. The fourth-order valence-electron chi connectivity index (χ4n) is 1.41. The van der Waals surface area contributed by atoms with Crippen LogP contribution in [0.2, 0.25) is 0 Å². The molecule has 17 heavy (non-hydrogen) atoms. The van der Waals surface area contributed by atoms with Crippen molar-refractivity contribution in [3.63, 3.8) is 0 Å². The van der Waals surface area contributed by atoms with Gasteiger partial charge in [-0.05, 0) is 12.1 Å². The summed E-state index contributed by atoms with van der Waals surface area (Å²) in [6.07, 6.45) is 2.94. The molecule has 1 N–H and O–H groups in total. The highest BCUT2D eigenvalue weighted by Crippen LogP contribution is 2.20. The zero-order valence-corrected chi connectivity index (χ0v) is 9.24. The Morgan fingerprint density at radius 2 is 2.18 bits per heavy atom. The van der Waals surface area contributed by atoms with E-state index in [9.17, 15) is 0 Å². The Hall–Kier alpha value is -2.43. The van der Waals surface area contributed by atoms with E-state index in [2.05, 4.69) is 15.1 Å². The molecule has 2 aromatic rings. The minimum Gasteiger partial charge on any atom is -0.497 e. The Kier molecular flexibility index (Phi) is 3.30. The molecule has 0 aliphatic carbocycles. The molecule has 0 bridgehead atoms. The van der Waals surface area contributed by atoms with Gasteiger partial charge in [0.25, 0.3) is 0 Å². The molecule has 2 aromatic heterocycles. The number of rotatable bonds is 3. The largest absolute Gasteiger partial charge is 0.497 e. The van der Waals surface area contributed by atoms with Crippen LogP contribution in [0.3, 0.4) is 0 Å². The molecule has 0 saturated carbocycles. The monoisotopic (exact) mass is 229 g/mol. The molecule has 5 nitrogen and oxygen atoms in total.